The van der Waals surface area contributed by atoms with Gasteiger partial charge in [0.05, 0.1) is 35.1 Å². The van der Waals surface area contributed by atoms with Gasteiger partial charge in [0.2, 0.25) is 0 Å². The highest BCUT2D eigenvalue weighted by Crippen LogP contribution is 2.45. The van der Waals surface area contributed by atoms with E-state index in [4.69, 9.17) is 4.74 Å². The number of nitrogens with zero attached hydrogens (tertiary/aromatic N) is 5. The summed E-state index contributed by atoms with van der Waals surface area (Å²) in [5.41, 5.74) is 0.863. The molecule has 1 unspecified atom stereocenters. The smallest absolute Gasteiger partial charge is 0.416 e. The van der Waals surface area contributed by atoms with Gasteiger partial charge in [0.1, 0.15) is 6.61 Å². The summed E-state index contributed by atoms with van der Waals surface area (Å²) in [6.45, 7) is 2.51. The van der Waals surface area contributed by atoms with Crippen molar-refractivity contribution in [2.75, 3.05) is 46.9 Å². The molecule has 0 N–H and O–H groups in total. The van der Waals surface area contributed by atoms with E-state index in [9.17, 15) is 22.8 Å². The monoisotopic (exact) mass is 547 g/mol. The van der Waals surface area contributed by atoms with Crippen LogP contribution in [0.15, 0.2) is 30.5 Å². The molecule has 212 valence electrons. The number of halogens is 3. The van der Waals surface area contributed by atoms with E-state index in [2.05, 4.69) is 5.10 Å². The minimum Gasteiger partial charge on any atom is -0.448 e. The normalized spacial score (nSPS) is 20.6. The van der Waals surface area contributed by atoms with Crippen LogP contribution in [0, 0.1) is 0 Å². The SMILES string of the molecule is CN(C)CCOC(=O)N1CCC(n2ncc(C(=O)N3CCCC3c3ccccc3C(F)(F)F)c2C2CC2)CC1. The maximum atomic E-state index is 13.8. The number of likely N-dealkylation sites (tertiary alicyclic amines) is 2. The van der Waals surface area contributed by atoms with Crippen molar-refractivity contribution >= 4 is 12.0 Å². The minimum atomic E-state index is -4.48. The Morgan fingerprint density at radius 3 is 2.44 bits per heavy atom. The first-order valence-corrected chi connectivity index (χ1v) is 13.8. The molecule has 3 fully saturated rings. The molecule has 0 radical (unpaired) electrons. The van der Waals surface area contributed by atoms with Crippen LogP contribution in [0.3, 0.4) is 0 Å². The zero-order valence-electron chi connectivity index (χ0n) is 22.5. The summed E-state index contributed by atoms with van der Waals surface area (Å²) in [7, 11) is 3.84. The number of amides is 2. The fraction of sp³-hybridized carbons (Fsp3) is 0.607. The van der Waals surface area contributed by atoms with Crippen molar-refractivity contribution in [3.8, 4) is 0 Å². The summed E-state index contributed by atoms with van der Waals surface area (Å²) in [6.07, 6.45) is 1.27. The second-order valence-electron chi connectivity index (χ2n) is 11.0. The molecule has 2 aliphatic heterocycles. The largest absolute Gasteiger partial charge is 0.448 e. The Kier molecular flexibility index (Phi) is 7.89. The van der Waals surface area contributed by atoms with E-state index in [0.29, 0.717) is 64.0 Å². The molecule has 11 heteroatoms. The van der Waals surface area contributed by atoms with E-state index in [1.807, 2.05) is 23.7 Å². The van der Waals surface area contributed by atoms with Crippen molar-refractivity contribution < 1.29 is 27.5 Å². The molecule has 1 aromatic carbocycles. The van der Waals surface area contributed by atoms with Gasteiger partial charge >= 0.3 is 12.3 Å². The summed E-state index contributed by atoms with van der Waals surface area (Å²) in [5, 5.41) is 4.64. The molecule has 1 atom stereocenters. The number of hydrogen-bond acceptors (Lipinski definition) is 5. The van der Waals surface area contributed by atoms with Crippen LogP contribution in [-0.4, -0.2) is 83.4 Å². The second kappa shape index (κ2) is 11.2. The Hall–Kier alpha value is -3.08. The van der Waals surface area contributed by atoms with E-state index < -0.39 is 17.8 Å². The van der Waals surface area contributed by atoms with E-state index in [1.54, 1.807) is 22.1 Å². The summed E-state index contributed by atoms with van der Waals surface area (Å²) >= 11 is 0. The van der Waals surface area contributed by atoms with Gasteiger partial charge < -0.3 is 19.4 Å². The van der Waals surface area contributed by atoms with Crippen molar-refractivity contribution in [1.82, 2.24) is 24.5 Å². The van der Waals surface area contributed by atoms with Gasteiger partial charge in [-0.1, -0.05) is 18.2 Å². The Morgan fingerprint density at radius 2 is 1.77 bits per heavy atom. The van der Waals surface area contributed by atoms with E-state index in [0.717, 1.165) is 24.6 Å². The molecule has 2 aromatic rings. The maximum Gasteiger partial charge on any atom is 0.416 e. The number of ether oxygens (including phenoxy) is 1. The first-order valence-electron chi connectivity index (χ1n) is 13.8. The first-order chi connectivity index (χ1) is 18.6. The molecule has 3 heterocycles. The number of carbonyl (C=O) groups excluding carboxylic acids is 2. The molecular formula is C28H36F3N5O3. The Bertz CT molecular complexity index is 1190. The van der Waals surface area contributed by atoms with Crippen LogP contribution in [0.5, 0.6) is 0 Å². The number of alkyl halides is 3. The zero-order chi connectivity index (χ0) is 27.7. The van der Waals surface area contributed by atoms with Crippen LogP contribution in [0.2, 0.25) is 0 Å². The fourth-order valence-corrected chi connectivity index (χ4v) is 5.82. The van der Waals surface area contributed by atoms with Crippen LogP contribution < -0.4 is 0 Å². The van der Waals surface area contributed by atoms with Crippen molar-refractivity contribution in [1.29, 1.82) is 0 Å². The number of piperidine rings is 1. The molecule has 1 saturated carbocycles. The highest BCUT2D eigenvalue weighted by molar-refractivity contribution is 5.96. The highest BCUT2D eigenvalue weighted by Gasteiger charge is 2.42. The van der Waals surface area contributed by atoms with Gasteiger partial charge in [-0.2, -0.15) is 18.3 Å². The van der Waals surface area contributed by atoms with Gasteiger partial charge in [-0.3, -0.25) is 9.48 Å². The summed E-state index contributed by atoms with van der Waals surface area (Å²) in [4.78, 5) is 31.5. The Labute approximate surface area is 226 Å². The molecule has 1 aliphatic carbocycles. The average molecular weight is 548 g/mol. The van der Waals surface area contributed by atoms with Crippen LogP contribution in [0.1, 0.15) is 83.7 Å². The number of carbonyl (C=O) groups is 2. The lowest BCUT2D eigenvalue weighted by Crippen LogP contribution is -2.40. The third-order valence-electron chi connectivity index (χ3n) is 8.00. The molecule has 39 heavy (non-hydrogen) atoms. The Balaban J connectivity index is 1.31. The lowest BCUT2D eigenvalue weighted by molar-refractivity contribution is -0.138. The van der Waals surface area contributed by atoms with E-state index >= 15 is 0 Å². The first kappa shape index (κ1) is 27.5. The maximum absolute atomic E-state index is 13.8. The molecule has 2 saturated heterocycles. The fourth-order valence-electron chi connectivity index (χ4n) is 5.82. The molecular weight excluding hydrogens is 511 g/mol. The van der Waals surface area contributed by atoms with Crippen molar-refractivity contribution in [2.24, 2.45) is 0 Å². The standard InChI is InChI=1S/C28H36F3N5O3/c1-33(2)16-17-39-27(38)34-14-11-20(12-15-34)36-25(19-9-10-19)22(18-32-36)26(37)35-13-5-8-24(35)21-6-3-4-7-23(21)28(29,30)31/h3-4,6-7,18-20,24H,5,8-17H2,1-2H3. The Morgan fingerprint density at radius 1 is 1.05 bits per heavy atom. The molecule has 3 aliphatic rings. The number of aromatic nitrogens is 2. The highest BCUT2D eigenvalue weighted by atomic mass is 19.4. The van der Waals surface area contributed by atoms with E-state index in [-0.39, 0.29) is 29.5 Å². The summed E-state index contributed by atoms with van der Waals surface area (Å²) in [5.74, 6) is -0.0199. The van der Waals surface area contributed by atoms with E-state index in [1.165, 1.54) is 12.1 Å². The topological polar surface area (TPSA) is 70.9 Å². The third kappa shape index (κ3) is 5.92. The average Bonchev–Trinajstić information content (AvgIpc) is 3.45. The van der Waals surface area contributed by atoms with Gasteiger partial charge in [-0.15, -0.1) is 0 Å². The van der Waals surface area contributed by atoms with Crippen molar-refractivity contribution in [3.05, 3.63) is 52.8 Å². The van der Waals surface area contributed by atoms with Gasteiger partial charge in [0.25, 0.3) is 5.91 Å². The number of rotatable bonds is 7. The number of hydrogen-bond donors (Lipinski definition) is 0. The summed E-state index contributed by atoms with van der Waals surface area (Å²) in [6, 6.07) is 5.00. The number of benzene rings is 1. The predicted octanol–water partition coefficient (Wildman–Crippen LogP) is 5.09. The second-order valence-corrected chi connectivity index (χ2v) is 11.0. The molecule has 0 spiro atoms. The minimum absolute atomic E-state index is 0.0494. The van der Waals surface area contributed by atoms with Gasteiger partial charge in [0, 0.05) is 32.1 Å². The van der Waals surface area contributed by atoms with Crippen molar-refractivity contribution in [3.63, 3.8) is 0 Å². The zero-order valence-corrected chi connectivity index (χ0v) is 22.5. The van der Waals surface area contributed by atoms with Crippen LogP contribution >= 0.6 is 0 Å². The third-order valence-corrected chi connectivity index (χ3v) is 8.00. The lowest BCUT2D eigenvalue weighted by atomic mass is 9.97. The summed E-state index contributed by atoms with van der Waals surface area (Å²) < 4.78 is 48.6. The molecule has 8 nitrogen and oxygen atoms in total. The van der Waals surface area contributed by atoms with Crippen LogP contribution in [0.25, 0.3) is 0 Å². The molecule has 1 aromatic heterocycles. The predicted molar refractivity (Wildman–Crippen MR) is 138 cm³/mol. The quantitative estimate of drug-likeness (QED) is 0.483. The van der Waals surface area contributed by atoms with Crippen LogP contribution in [-0.2, 0) is 10.9 Å². The lowest BCUT2D eigenvalue weighted by Gasteiger charge is -2.32. The van der Waals surface area contributed by atoms with Gasteiger partial charge in [0.15, 0.2) is 0 Å². The van der Waals surface area contributed by atoms with Gasteiger partial charge in [-0.25, -0.2) is 4.79 Å². The number of likely N-dealkylation sites (N-methyl/N-ethyl adjacent to an activating group) is 1. The molecule has 5 rings (SSSR count). The van der Waals surface area contributed by atoms with Crippen molar-refractivity contribution in [2.45, 2.75) is 62.7 Å². The van der Waals surface area contributed by atoms with Gasteiger partial charge in [-0.05, 0) is 64.3 Å². The molecule has 2 amide bonds. The van der Waals surface area contributed by atoms with Crippen LogP contribution in [0.4, 0.5) is 18.0 Å². The molecule has 0 bridgehead atoms.